The number of halogens is 1. The van der Waals surface area contributed by atoms with Gasteiger partial charge in [-0.25, -0.2) is 0 Å². The minimum absolute atomic E-state index is 0.627. The molecule has 0 bridgehead atoms. The third-order valence-corrected chi connectivity index (χ3v) is 3.55. The Kier molecular flexibility index (Phi) is 4.02. The Balaban J connectivity index is 2.88. The highest BCUT2D eigenvalue weighted by Crippen LogP contribution is 2.28. The summed E-state index contributed by atoms with van der Waals surface area (Å²) < 4.78 is 5.84. The predicted molar refractivity (Wildman–Crippen MR) is 70.1 cm³/mol. The second-order valence-corrected chi connectivity index (χ2v) is 5.51. The van der Waals surface area contributed by atoms with Crippen LogP contribution >= 0.6 is 15.9 Å². The number of aliphatic hydroxyl groups is 1. The SMILES string of the molecule is CC(C)(O)C(C)(C)Oc1cccc(CBr)c1. The van der Waals surface area contributed by atoms with Crippen LogP contribution in [0.2, 0.25) is 0 Å². The molecule has 0 aromatic heterocycles. The molecule has 0 spiro atoms. The zero-order valence-corrected chi connectivity index (χ0v) is 11.8. The van der Waals surface area contributed by atoms with E-state index in [1.807, 2.05) is 38.1 Å². The molecule has 2 nitrogen and oxygen atoms in total. The maximum atomic E-state index is 10.00. The molecule has 1 aromatic carbocycles. The highest BCUT2D eigenvalue weighted by molar-refractivity contribution is 9.08. The lowest BCUT2D eigenvalue weighted by molar-refractivity contribution is -0.0906. The van der Waals surface area contributed by atoms with Gasteiger partial charge in [0.1, 0.15) is 11.4 Å². The molecule has 0 saturated carbocycles. The Morgan fingerprint density at radius 3 is 2.38 bits per heavy atom. The second kappa shape index (κ2) is 4.76. The van der Waals surface area contributed by atoms with Crippen LogP contribution in [0.3, 0.4) is 0 Å². The highest BCUT2D eigenvalue weighted by Gasteiger charge is 2.37. The topological polar surface area (TPSA) is 29.5 Å². The fourth-order valence-corrected chi connectivity index (χ4v) is 1.46. The molecule has 0 aliphatic carbocycles. The Morgan fingerprint density at radius 1 is 1.25 bits per heavy atom. The number of hydrogen-bond acceptors (Lipinski definition) is 2. The normalized spacial score (nSPS) is 12.6. The van der Waals surface area contributed by atoms with E-state index < -0.39 is 11.2 Å². The van der Waals surface area contributed by atoms with Crippen molar-refractivity contribution in [2.45, 2.75) is 44.2 Å². The third kappa shape index (κ3) is 3.22. The number of rotatable bonds is 4. The van der Waals surface area contributed by atoms with Crippen LogP contribution in [0.1, 0.15) is 33.3 Å². The molecule has 90 valence electrons. The second-order valence-electron chi connectivity index (χ2n) is 4.95. The maximum absolute atomic E-state index is 10.00. The van der Waals surface area contributed by atoms with Gasteiger partial charge in [0.15, 0.2) is 0 Å². The van der Waals surface area contributed by atoms with E-state index in [0.717, 1.165) is 16.6 Å². The molecule has 0 unspecified atom stereocenters. The standard InChI is InChI=1S/C13H19BrO2/c1-12(2,15)13(3,4)16-11-7-5-6-10(8-11)9-14/h5-8,15H,9H2,1-4H3. The first-order valence-electron chi connectivity index (χ1n) is 5.32. The Morgan fingerprint density at radius 2 is 1.88 bits per heavy atom. The summed E-state index contributed by atoms with van der Waals surface area (Å²) in [4.78, 5) is 0. The van der Waals surface area contributed by atoms with Crippen LogP contribution in [-0.4, -0.2) is 16.3 Å². The average molecular weight is 287 g/mol. The molecule has 0 saturated heterocycles. The lowest BCUT2D eigenvalue weighted by Crippen LogP contribution is -2.49. The number of ether oxygens (including phenoxy) is 1. The molecular formula is C13H19BrO2. The summed E-state index contributed by atoms with van der Waals surface area (Å²) in [5.41, 5.74) is -0.362. The van der Waals surface area contributed by atoms with Crippen molar-refractivity contribution >= 4 is 15.9 Å². The summed E-state index contributed by atoms with van der Waals surface area (Å²) in [5.74, 6) is 0.782. The van der Waals surface area contributed by atoms with E-state index in [4.69, 9.17) is 4.74 Å². The molecule has 0 radical (unpaired) electrons. The Bertz CT molecular complexity index is 353. The summed E-state index contributed by atoms with van der Waals surface area (Å²) in [5, 5.41) is 10.8. The molecular weight excluding hydrogens is 268 g/mol. The molecule has 1 aromatic rings. The molecule has 0 amide bonds. The van der Waals surface area contributed by atoms with Crippen molar-refractivity contribution < 1.29 is 9.84 Å². The van der Waals surface area contributed by atoms with Crippen LogP contribution in [0.4, 0.5) is 0 Å². The maximum Gasteiger partial charge on any atom is 0.131 e. The molecule has 1 N–H and O–H groups in total. The van der Waals surface area contributed by atoms with E-state index in [-0.39, 0.29) is 0 Å². The first-order chi connectivity index (χ1) is 7.26. The van der Waals surface area contributed by atoms with Gasteiger partial charge in [0.05, 0.1) is 5.60 Å². The summed E-state index contributed by atoms with van der Waals surface area (Å²) in [6.07, 6.45) is 0. The van der Waals surface area contributed by atoms with Gasteiger partial charge in [-0.15, -0.1) is 0 Å². The predicted octanol–water partition coefficient (Wildman–Crippen LogP) is 3.51. The van der Waals surface area contributed by atoms with E-state index in [2.05, 4.69) is 15.9 Å². The largest absolute Gasteiger partial charge is 0.485 e. The lowest BCUT2D eigenvalue weighted by atomic mass is 9.89. The van der Waals surface area contributed by atoms with Crippen molar-refractivity contribution in [2.75, 3.05) is 0 Å². The van der Waals surface area contributed by atoms with Crippen LogP contribution in [0, 0.1) is 0 Å². The van der Waals surface area contributed by atoms with Crippen molar-refractivity contribution in [1.82, 2.24) is 0 Å². The van der Waals surface area contributed by atoms with Crippen molar-refractivity contribution in [1.29, 1.82) is 0 Å². The van der Waals surface area contributed by atoms with Gasteiger partial charge >= 0.3 is 0 Å². The molecule has 3 heteroatoms. The van der Waals surface area contributed by atoms with Gasteiger partial charge in [0.2, 0.25) is 0 Å². The number of alkyl halides is 1. The van der Waals surface area contributed by atoms with Gasteiger partial charge in [0, 0.05) is 5.33 Å². The van der Waals surface area contributed by atoms with Crippen molar-refractivity contribution in [3.63, 3.8) is 0 Å². The van der Waals surface area contributed by atoms with Gasteiger partial charge in [-0.1, -0.05) is 28.1 Å². The third-order valence-electron chi connectivity index (χ3n) is 2.90. The van der Waals surface area contributed by atoms with Crippen LogP contribution in [-0.2, 0) is 5.33 Å². The van der Waals surface area contributed by atoms with Gasteiger partial charge < -0.3 is 9.84 Å². The quantitative estimate of drug-likeness (QED) is 0.859. The Labute approximate surface area is 106 Å². The van der Waals surface area contributed by atoms with E-state index in [1.54, 1.807) is 13.8 Å². The minimum atomic E-state index is -0.891. The summed E-state index contributed by atoms with van der Waals surface area (Å²) in [7, 11) is 0. The van der Waals surface area contributed by atoms with E-state index in [0.29, 0.717) is 0 Å². The van der Waals surface area contributed by atoms with Gasteiger partial charge in [-0.2, -0.15) is 0 Å². The van der Waals surface area contributed by atoms with Crippen LogP contribution < -0.4 is 4.74 Å². The number of hydrogen-bond donors (Lipinski definition) is 1. The van der Waals surface area contributed by atoms with E-state index in [9.17, 15) is 5.11 Å². The van der Waals surface area contributed by atoms with Crippen molar-refractivity contribution in [3.05, 3.63) is 29.8 Å². The highest BCUT2D eigenvalue weighted by atomic mass is 79.9. The van der Waals surface area contributed by atoms with Crippen LogP contribution in [0.15, 0.2) is 24.3 Å². The van der Waals surface area contributed by atoms with Gasteiger partial charge in [-0.05, 0) is 45.4 Å². The van der Waals surface area contributed by atoms with Crippen LogP contribution in [0.25, 0.3) is 0 Å². The minimum Gasteiger partial charge on any atom is -0.485 e. The summed E-state index contributed by atoms with van der Waals surface area (Å²) in [6.45, 7) is 7.27. The lowest BCUT2D eigenvalue weighted by Gasteiger charge is -2.37. The first-order valence-corrected chi connectivity index (χ1v) is 6.45. The molecule has 0 aliphatic rings. The van der Waals surface area contributed by atoms with Crippen molar-refractivity contribution in [3.8, 4) is 5.75 Å². The monoisotopic (exact) mass is 286 g/mol. The molecule has 0 fully saturated rings. The van der Waals surface area contributed by atoms with Crippen molar-refractivity contribution in [2.24, 2.45) is 0 Å². The fraction of sp³-hybridized carbons (Fsp3) is 0.538. The molecule has 16 heavy (non-hydrogen) atoms. The van der Waals surface area contributed by atoms with Gasteiger partial charge in [0.25, 0.3) is 0 Å². The fourth-order valence-electron chi connectivity index (χ4n) is 1.11. The zero-order valence-electron chi connectivity index (χ0n) is 10.2. The molecule has 0 heterocycles. The zero-order chi connectivity index (χ0) is 12.4. The number of benzene rings is 1. The van der Waals surface area contributed by atoms with E-state index in [1.165, 1.54) is 0 Å². The molecule has 1 rings (SSSR count). The first kappa shape index (κ1) is 13.5. The van der Waals surface area contributed by atoms with E-state index >= 15 is 0 Å². The summed E-state index contributed by atoms with van der Waals surface area (Å²) in [6, 6.07) is 7.85. The van der Waals surface area contributed by atoms with Crippen LogP contribution in [0.5, 0.6) is 5.75 Å². The molecule has 0 atom stereocenters. The smallest absolute Gasteiger partial charge is 0.131 e. The van der Waals surface area contributed by atoms with Gasteiger partial charge in [-0.3, -0.25) is 0 Å². The molecule has 0 aliphatic heterocycles. The average Bonchev–Trinajstić information content (AvgIpc) is 2.15. The Hall–Kier alpha value is -0.540. The summed E-state index contributed by atoms with van der Waals surface area (Å²) >= 11 is 3.41.